The Hall–Kier alpha value is -0.0800. The number of aliphatic hydroxyl groups excluding tert-OH is 2. The average molecular weight is 321 g/mol. The highest BCUT2D eigenvalue weighted by molar-refractivity contribution is 5.02. The number of fused-ring (bicyclic) bond motifs is 1. The second kappa shape index (κ2) is 7.04. The summed E-state index contributed by atoms with van der Waals surface area (Å²) in [5.74, 6) is 3.25. The molecule has 0 bridgehead atoms. The Kier molecular flexibility index (Phi) is 5.02. The SMILES string of the molecule is OC1C2C(CC[C@@H]1C1CCCCC1)C[C@@H](C1CCCCC1)C2O. The molecule has 4 aliphatic carbocycles. The van der Waals surface area contributed by atoms with Crippen LogP contribution in [0.3, 0.4) is 0 Å². The van der Waals surface area contributed by atoms with E-state index in [1.807, 2.05) is 0 Å². The molecular formula is C21H36O2. The zero-order chi connectivity index (χ0) is 15.8. The molecule has 0 aliphatic heterocycles. The summed E-state index contributed by atoms with van der Waals surface area (Å²) in [7, 11) is 0. The van der Waals surface area contributed by atoms with Crippen molar-refractivity contribution in [3.63, 3.8) is 0 Å². The maximum atomic E-state index is 11.1. The standard InChI is InChI=1S/C21H36O2/c22-20-17(14-7-3-1-4-8-14)12-11-16-13-18(21(23)19(16)20)15-9-5-2-6-10-15/h14-23H,1-13H2/t16?,17-,18+,19?,20?,21?/m1/s1. The zero-order valence-corrected chi connectivity index (χ0v) is 14.7. The van der Waals surface area contributed by atoms with Gasteiger partial charge in [0.25, 0.3) is 0 Å². The van der Waals surface area contributed by atoms with Crippen molar-refractivity contribution in [1.29, 1.82) is 0 Å². The van der Waals surface area contributed by atoms with Crippen LogP contribution in [0.4, 0.5) is 0 Å². The normalized spacial score (nSPS) is 46.7. The number of aliphatic hydroxyl groups is 2. The van der Waals surface area contributed by atoms with Gasteiger partial charge in [0.15, 0.2) is 0 Å². The smallest absolute Gasteiger partial charge is 0.0626 e. The molecule has 0 aromatic heterocycles. The molecule has 0 aromatic carbocycles. The van der Waals surface area contributed by atoms with E-state index in [1.54, 1.807) is 0 Å². The summed E-state index contributed by atoms with van der Waals surface area (Å²) >= 11 is 0. The van der Waals surface area contributed by atoms with Crippen molar-refractivity contribution < 1.29 is 10.2 Å². The number of hydrogen-bond acceptors (Lipinski definition) is 2. The summed E-state index contributed by atoms with van der Waals surface area (Å²) in [5, 5.41) is 22.2. The third-order valence-corrected chi connectivity index (χ3v) is 8.17. The molecule has 4 unspecified atom stereocenters. The van der Waals surface area contributed by atoms with Gasteiger partial charge in [0, 0.05) is 5.92 Å². The Labute approximate surface area is 142 Å². The summed E-state index contributed by atoms with van der Waals surface area (Å²) in [4.78, 5) is 0. The van der Waals surface area contributed by atoms with E-state index in [2.05, 4.69) is 0 Å². The monoisotopic (exact) mass is 320 g/mol. The fraction of sp³-hybridized carbons (Fsp3) is 1.00. The van der Waals surface area contributed by atoms with Crippen LogP contribution in [0, 0.1) is 35.5 Å². The van der Waals surface area contributed by atoms with Gasteiger partial charge in [0.05, 0.1) is 12.2 Å². The maximum absolute atomic E-state index is 11.1. The second-order valence-corrected chi connectivity index (χ2v) is 9.26. The molecule has 0 spiro atoms. The Morgan fingerprint density at radius 2 is 1.00 bits per heavy atom. The highest BCUT2D eigenvalue weighted by atomic mass is 16.3. The van der Waals surface area contributed by atoms with Crippen LogP contribution in [0.2, 0.25) is 0 Å². The average Bonchev–Trinajstić information content (AvgIpc) is 2.94. The zero-order valence-electron chi connectivity index (χ0n) is 14.7. The van der Waals surface area contributed by atoms with Gasteiger partial charge in [0.2, 0.25) is 0 Å². The first-order chi connectivity index (χ1) is 11.3. The van der Waals surface area contributed by atoms with E-state index >= 15 is 0 Å². The van der Waals surface area contributed by atoms with Crippen molar-refractivity contribution in [3.05, 3.63) is 0 Å². The van der Waals surface area contributed by atoms with Crippen LogP contribution in [0.15, 0.2) is 0 Å². The second-order valence-electron chi connectivity index (χ2n) is 9.26. The first-order valence-electron chi connectivity index (χ1n) is 10.6. The summed E-state index contributed by atoms with van der Waals surface area (Å²) < 4.78 is 0. The van der Waals surface area contributed by atoms with Crippen molar-refractivity contribution >= 4 is 0 Å². The molecule has 132 valence electrons. The quantitative estimate of drug-likeness (QED) is 0.784. The van der Waals surface area contributed by atoms with Crippen molar-refractivity contribution in [1.82, 2.24) is 0 Å². The molecule has 0 radical (unpaired) electrons. The summed E-state index contributed by atoms with van der Waals surface area (Å²) in [6, 6.07) is 0. The van der Waals surface area contributed by atoms with E-state index in [0.717, 1.165) is 11.8 Å². The number of hydrogen-bond donors (Lipinski definition) is 2. The van der Waals surface area contributed by atoms with Gasteiger partial charge in [-0.2, -0.15) is 0 Å². The molecule has 23 heavy (non-hydrogen) atoms. The van der Waals surface area contributed by atoms with Gasteiger partial charge in [-0.15, -0.1) is 0 Å². The molecule has 0 amide bonds. The summed E-state index contributed by atoms with van der Waals surface area (Å²) in [5.41, 5.74) is 0. The maximum Gasteiger partial charge on any atom is 0.0626 e. The molecule has 2 heteroatoms. The predicted octanol–water partition coefficient (Wildman–Crippen LogP) is 4.53. The molecule has 2 nitrogen and oxygen atoms in total. The molecule has 4 rings (SSSR count). The van der Waals surface area contributed by atoms with E-state index in [0.29, 0.717) is 17.8 Å². The lowest BCUT2D eigenvalue weighted by Crippen LogP contribution is -2.45. The third kappa shape index (κ3) is 3.11. The minimum absolute atomic E-state index is 0.197. The summed E-state index contributed by atoms with van der Waals surface area (Å²) in [6.07, 6.45) is 16.7. The molecule has 0 heterocycles. The van der Waals surface area contributed by atoms with E-state index in [1.165, 1.54) is 83.5 Å². The Morgan fingerprint density at radius 1 is 0.478 bits per heavy atom. The predicted molar refractivity (Wildman–Crippen MR) is 93.0 cm³/mol. The highest BCUT2D eigenvalue weighted by Crippen LogP contribution is 2.53. The van der Waals surface area contributed by atoms with Crippen LogP contribution in [0.5, 0.6) is 0 Å². The van der Waals surface area contributed by atoms with Crippen LogP contribution in [0.25, 0.3) is 0 Å². The molecule has 4 saturated carbocycles. The Morgan fingerprint density at radius 3 is 1.61 bits per heavy atom. The molecule has 4 aliphatic rings. The van der Waals surface area contributed by atoms with Crippen LogP contribution in [-0.4, -0.2) is 22.4 Å². The molecule has 6 atom stereocenters. The fourth-order valence-corrected chi connectivity index (χ4v) is 6.97. The van der Waals surface area contributed by atoms with E-state index in [4.69, 9.17) is 0 Å². The lowest BCUT2D eigenvalue weighted by molar-refractivity contribution is -0.0770. The summed E-state index contributed by atoms with van der Waals surface area (Å²) in [6.45, 7) is 0. The third-order valence-electron chi connectivity index (χ3n) is 8.17. The highest BCUT2D eigenvalue weighted by Gasteiger charge is 2.52. The molecular weight excluding hydrogens is 284 g/mol. The fourth-order valence-electron chi connectivity index (χ4n) is 6.97. The van der Waals surface area contributed by atoms with Gasteiger partial charge in [-0.1, -0.05) is 64.2 Å². The molecule has 2 N–H and O–H groups in total. The minimum Gasteiger partial charge on any atom is -0.392 e. The van der Waals surface area contributed by atoms with Gasteiger partial charge < -0.3 is 10.2 Å². The topological polar surface area (TPSA) is 40.5 Å². The number of rotatable bonds is 2. The van der Waals surface area contributed by atoms with Gasteiger partial charge in [-0.05, 0) is 48.9 Å². The molecule has 4 fully saturated rings. The van der Waals surface area contributed by atoms with Gasteiger partial charge in [-0.25, -0.2) is 0 Å². The lowest BCUT2D eigenvalue weighted by atomic mass is 9.65. The largest absolute Gasteiger partial charge is 0.392 e. The van der Waals surface area contributed by atoms with Crippen LogP contribution < -0.4 is 0 Å². The van der Waals surface area contributed by atoms with Gasteiger partial charge in [0.1, 0.15) is 0 Å². The lowest BCUT2D eigenvalue weighted by Gasteiger charge is -2.43. The van der Waals surface area contributed by atoms with Crippen LogP contribution in [0.1, 0.15) is 83.5 Å². The molecule has 0 saturated heterocycles. The van der Waals surface area contributed by atoms with Crippen LogP contribution >= 0.6 is 0 Å². The van der Waals surface area contributed by atoms with Crippen molar-refractivity contribution in [2.45, 2.75) is 95.7 Å². The van der Waals surface area contributed by atoms with Gasteiger partial charge >= 0.3 is 0 Å². The van der Waals surface area contributed by atoms with E-state index in [9.17, 15) is 10.2 Å². The molecule has 0 aromatic rings. The van der Waals surface area contributed by atoms with Crippen molar-refractivity contribution in [2.75, 3.05) is 0 Å². The Balaban J connectivity index is 1.44. The first-order valence-corrected chi connectivity index (χ1v) is 10.6. The van der Waals surface area contributed by atoms with Crippen molar-refractivity contribution in [2.24, 2.45) is 35.5 Å². The van der Waals surface area contributed by atoms with E-state index in [-0.39, 0.29) is 18.1 Å². The minimum atomic E-state index is -0.222. The van der Waals surface area contributed by atoms with E-state index < -0.39 is 0 Å². The Bertz CT molecular complexity index is 367. The van der Waals surface area contributed by atoms with Crippen LogP contribution in [-0.2, 0) is 0 Å². The first kappa shape index (κ1) is 16.4. The van der Waals surface area contributed by atoms with Gasteiger partial charge in [-0.3, -0.25) is 0 Å². The van der Waals surface area contributed by atoms with Crippen molar-refractivity contribution in [3.8, 4) is 0 Å².